The summed E-state index contributed by atoms with van der Waals surface area (Å²) in [5, 5.41) is 11.8. The number of rotatable bonds is 7. The summed E-state index contributed by atoms with van der Waals surface area (Å²) in [7, 11) is 0. The summed E-state index contributed by atoms with van der Waals surface area (Å²) < 4.78 is 1.36. The summed E-state index contributed by atoms with van der Waals surface area (Å²) in [6.07, 6.45) is 1.60. The maximum atomic E-state index is 12.6. The minimum Gasteiger partial charge on any atom is -0.295 e. The van der Waals surface area contributed by atoms with Crippen molar-refractivity contribution in [3.05, 3.63) is 51.8 Å². The number of benzene rings is 1. The molecule has 2 aromatic heterocycles. The van der Waals surface area contributed by atoms with Crippen molar-refractivity contribution in [1.82, 2.24) is 20.2 Å². The molecule has 1 amide bonds. The standard InChI is InChI=1S/C17H16BrN5OS3/c1-3-25-17-23-22-16(27-17)21-14(24)13-12(18)8-19-15(20-13)26-9-11-7-5-4-6-10(11)2/h4-8H,3,9H2,1-2H3,(H,21,22,24). The second kappa shape index (κ2) is 9.63. The molecule has 27 heavy (non-hydrogen) atoms. The van der Waals surface area contributed by atoms with E-state index in [0.29, 0.717) is 14.8 Å². The number of hydrogen-bond acceptors (Lipinski definition) is 8. The van der Waals surface area contributed by atoms with E-state index in [9.17, 15) is 4.79 Å². The van der Waals surface area contributed by atoms with Crippen LogP contribution in [-0.2, 0) is 5.75 Å². The third-order valence-corrected chi connectivity index (χ3v) is 6.79. The van der Waals surface area contributed by atoms with E-state index in [1.54, 1.807) is 18.0 Å². The highest BCUT2D eigenvalue weighted by Gasteiger charge is 2.16. The molecule has 1 N–H and O–H groups in total. The van der Waals surface area contributed by atoms with Crippen molar-refractivity contribution in [3.63, 3.8) is 0 Å². The number of anilines is 1. The Balaban J connectivity index is 1.70. The number of carbonyl (C=O) groups is 1. The minimum atomic E-state index is -0.341. The monoisotopic (exact) mass is 481 g/mol. The fourth-order valence-corrected chi connectivity index (χ4v) is 5.00. The number of thioether (sulfide) groups is 2. The van der Waals surface area contributed by atoms with Gasteiger partial charge in [-0.25, -0.2) is 9.97 Å². The molecule has 0 fully saturated rings. The number of carbonyl (C=O) groups excluding carboxylic acids is 1. The van der Waals surface area contributed by atoms with Gasteiger partial charge in [0.2, 0.25) is 5.13 Å². The van der Waals surface area contributed by atoms with E-state index in [2.05, 4.69) is 60.5 Å². The molecule has 0 saturated carbocycles. The van der Waals surface area contributed by atoms with Crippen LogP contribution >= 0.6 is 50.8 Å². The van der Waals surface area contributed by atoms with E-state index < -0.39 is 0 Å². The van der Waals surface area contributed by atoms with E-state index in [1.165, 1.54) is 34.2 Å². The SMILES string of the molecule is CCSc1nnc(NC(=O)c2nc(SCc3ccccc3C)ncc2Br)s1. The fourth-order valence-electron chi connectivity index (χ4n) is 2.09. The highest BCUT2D eigenvalue weighted by molar-refractivity contribution is 9.10. The van der Waals surface area contributed by atoms with Crippen molar-refractivity contribution in [3.8, 4) is 0 Å². The van der Waals surface area contributed by atoms with E-state index >= 15 is 0 Å². The number of halogens is 1. The summed E-state index contributed by atoms with van der Waals surface area (Å²) >= 11 is 7.77. The molecule has 3 rings (SSSR count). The Morgan fingerprint density at radius 3 is 2.85 bits per heavy atom. The molecule has 0 saturated heterocycles. The van der Waals surface area contributed by atoms with Crippen LogP contribution in [0.25, 0.3) is 0 Å². The Hall–Kier alpha value is -1.49. The van der Waals surface area contributed by atoms with E-state index in [4.69, 9.17) is 0 Å². The topological polar surface area (TPSA) is 80.7 Å². The van der Waals surface area contributed by atoms with Gasteiger partial charge in [-0.3, -0.25) is 10.1 Å². The van der Waals surface area contributed by atoms with Crippen LogP contribution in [0.5, 0.6) is 0 Å². The molecule has 2 heterocycles. The zero-order valence-corrected chi connectivity index (χ0v) is 18.6. The van der Waals surface area contributed by atoms with Crippen molar-refractivity contribution < 1.29 is 4.79 Å². The van der Waals surface area contributed by atoms with Crippen LogP contribution in [0.1, 0.15) is 28.5 Å². The molecule has 0 aliphatic heterocycles. The lowest BCUT2D eigenvalue weighted by Crippen LogP contribution is -2.15. The van der Waals surface area contributed by atoms with Crippen LogP contribution in [0.3, 0.4) is 0 Å². The van der Waals surface area contributed by atoms with Gasteiger partial charge in [0, 0.05) is 11.9 Å². The first-order chi connectivity index (χ1) is 13.1. The summed E-state index contributed by atoms with van der Waals surface area (Å²) in [5.41, 5.74) is 2.71. The van der Waals surface area contributed by atoms with Gasteiger partial charge in [0.15, 0.2) is 9.50 Å². The highest BCUT2D eigenvalue weighted by Crippen LogP contribution is 2.27. The lowest BCUT2D eigenvalue weighted by atomic mass is 10.1. The highest BCUT2D eigenvalue weighted by atomic mass is 79.9. The molecule has 0 aliphatic rings. The molecule has 10 heteroatoms. The average Bonchev–Trinajstić information content (AvgIpc) is 3.09. The Bertz CT molecular complexity index is 950. The number of aromatic nitrogens is 4. The molecular formula is C17H16BrN5OS3. The molecule has 0 unspecified atom stereocenters. The summed E-state index contributed by atoms with van der Waals surface area (Å²) in [6.45, 7) is 4.11. The van der Waals surface area contributed by atoms with Gasteiger partial charge in [-0.2, -0.15) is 0 Å². The van der Waals surface area contributed by atoms with Gasteiger partial charge in [-0.15, -0.1) is 10.2 Å². The first-order valence-electron chi connectivity index (χ1n) is 8.04. The number of nitrogens with one attached hydrogen (secondary N) is 1. The molecule has 1 aromatic carbocycles. The largest absolute Gasteiger partial charge is 0.295 e. The minimum absolute atomic E-state index is 0.275. The van der Waals surface area contributed by atoms with Crippen LogP contribution in [0.15, 0.2) is 44.4 Å². The van der Waals surface area contributed by atoms with Gasteiger partial charge >= 0.3 is 0 Å². The van der Waals surface area contributed by atoms with Crippen LogP contribution < -0.4 is 5.32 Å². The molecule has 0 radical (unpaired) electrons. The number of nitrogens with zero attached hydrogens (tertiary/aromatic N) is 4. The first-order valence-corrected chi connectivity index (χ1v) is 11.6. The van der Waals surface area contributed by atoms with E-state index in [-0.39, 0.29) is 11.6 Å². The van der Waals surface area contributed by atoms with Gasteiger partial charge in [-0.05, 0) is 39.7 Å². The molecule has 0 spiro atoms. The fraction of sp³-hybridized carbons (Fsp3) is 0.235. The predicted molar refractivity (Wildman–Crippen MR) is 115 cm³/mol. The van der Waals surface area contributed by atoms with Crippen molar-refractivity contribution in [2.45, 2.75) is 29.1 Å². The zero-order valence-electron chi connectivity index (χ0n) is 14.6. The number of aryl methyl sites for hydroxylation is 1. The molecular weight excluding hydrogens is 466 g/mol. The normalized spacial score (nSPS) is 10.8. The van der Waals surface area contributed by atoms with Crippen LogP contribution in [0.4, 0.5) is 5.13 Å². The summed E-state index contributed by atoms with van der Waals surface area (Å²) in [5.74, 6) is 1.30. The second-order valence-corrected chi connectivity index (χ2v) is 9.61. The Labute approximate surface area is 178 Å². The van der Waals surface area contributed by atoms with Gasteiger partial charge in [0.1, 0.15) is 5.69 Å². The van der Waals surface area contributed by atoms with Crippen molar-refractivity contribution in [2.75, 3.05) is 11.1 Å². The van der Waals surface area contributed by atoms with E-state index in [1.807, 2.05) is 19.1 Å². The zero-order chi connectivity index (χ0) is 19.2. The summed E-state index contributed by atoms with van der Waals surface area (Å²) in [4.78, 5) is 21.3. The molecule has 140 valence electrons. The second-order valence-electron chi connectivity index (χ2n) is 5.32. The van der Waals surface area contributed by atoms with Gasteiger partial charge in [0.05, 0.1) is 4.47 Å². The maximum Gasteiger partial charge on any atom is 0.277 e. The molecule has 0 atom stereocenters. The Kier molecular flexibility index (Phi) is 7.22. The van der Waals surface area contributed by atoms with Crippen LogP contribution in [-0.4, -0.2) is 31.8 Å². The van der Waals surface area contributed by atoms with Crippen molar-refractivity contribution in [2.24, 2.45) is 0 Å². The molecule has 6 nitrogen and oxygen atoms in total. The third-order valence-electron chi connectivity index (χ3n) is 3.45. The Morgan fingerprint density at radius 2 is 2.07 bits per heavy atom. The molecule has 0 aliphatic carbocycles. The van der Waals surface area contributed by atoms with Crippen LogP contribution in [0, 0.1) is 6.92 Å². The number of amides is 1. The quantitative estimate of drug-likeness (QED) is 0.287. The average molecular weight is 482 g/mol. The van der Waals surface area contributed by atoms with Gasteiger partial charge < -0.3 is 0 Å². The molecule has 0 bridgehead atoms. The first kappa shape index (κ1) is 20.2. The lowest BCUT2D eigenvalue weighted by Gasteiger charge is -2.07. The predicted octanol–water partition coefficient (Wildman–Crippen LogP) is 5.06. The lowest BCUT2D eigenvalue weighted by molar-refractivity contribution is 0.102. The van der Waals surface area contributed by atoms with Crippen molar-refractivity contribution in [1.29, 1.82) is 0 Å². The maximum absolute atomic E-state index is 12.6. The van der Waals surface area contributed by atoms with Crippen LogP contribution in [0.2, 0.25) is 0 Å². The van der Waals surface area contributed by atoms with Gasteiger partial charge in [-0.1, -0.05) is 66.0 Å². The molecule has 3 aromatic rings. The summed E-state index contributed by atoms with van der Waals surface area (Å²) in [6, 6.07) is 8.18. The smallest absolute Gasteiger partial charge is 0.277 e. The number of hydrogen-bond donors (Lipinski definition) is 1. The van der Waals surface area contributed by atoms with Gasteiger partial charge in [0.25, 0.3) is 5.91 Å². The Morgan fingerprint density at radius 1 is 1.26 bits per heavy atom. The van der Waals surface area contributed by atoms with Crippen molar-refractivity contribution >= 4 is 61.8 Å². The van der Waals surface area contributed by atoms with E-state index in [0.717, 1.165) is 15.8 Å². The third kappa shape index (κ3) is 5.50.